The first-order chi connectivity index (χ1) is 8.86. The zero-order chi connectivity index (χ0) is 14.0. The molecule has 0 aliphatic rings. The molecule has 0 bridgehead atoms. The maximum Gasteiger partial charge on any atom is 0.233 e. The van der Waals surface area contributed by atoms with Gasteiger partial charge in [0, 0.05) is 25.1 Å². The van der Waals surface area contributed by atoms with Gasteiger partial charge in [0.25, 0.3) is 0 Å². The minimum Gasteiger partial charge on any atom is -0.472 e. The molecule has 0 N–H and O–H groups in total. The average Bonchev–Trinajstić information content (AvgIpc) is 2.66. The van der Waals surface area contributed by atoms with Crippen LogP contribution in [0.3, 0.4) is 0 Å². The van der Waals surface area contributed by atoms with Gasteiger partial charge in [-0.05, 0) is 24.6 Å². The van der Waals surface area contributed by atoms with Gasteiger partial charge < -0.3 is 4.74 Å². The van der Waals surface area contributed by atoms with Gasteiger partial charge in [0.1, 0.15) is 6.61 Å². The Morgan fingerprint density at radius 3 is 2.37 bits per heavy atom. The largest absolute Gasteiger partial charge is 0.472 e. The first-order valence-corrected chi connectivity index (χ1v) is 7.68. The number of nitrogens with zero attached hydrogens (tertiary/aromatic N) is 2. The predicted octanol–water partition coefficient (Wildman–Crippen LogP) is 1.71. The van der Waals surface area contributed by atoms with Crippen LogP contribution < -0.4 is 4.74 Å². The van der Waals surface area contributed by atoms with Crippen molar-refractivity contribution < 1.29 is 13.2 Å². The minimum absolute atomic E-state index is 0.310. The van der Waals surface area contributed by atoms with Crippen LogP contribution >= 0.6 is 0 Å². The van der Waals surface area contributed by atoms with Crippen molar-refractivity contribution in [3.05, 3.63) is 41.6 Å². The molecule has 0 radical (unpaired) electrons. The van der Waals surface area contributed by atoms with E-state index in [0.717, 1.165) is 11.3 Å². The molecule has 0 aliphatic heterocycles. The van der Waals surface area contributed by atoms with E-state index in [2.05, 4.69) is 5.10 Å². The predicted molar refractivity (Wildman–Crippen MR) is 71.8 cm³/mol. The zero-order valence-corrected chi connectivity index (χ0v) is 11.9. The molecule has 102 valence electrons. The van der Waals surface area contributed by atoms with Crippen LogP contribution in [0.25, 0.3) is 0 Å². The van der Waals surface area contributed by atoms with Crippen molar-refractivity contribution in [1.82, 2.24) is 9.78 Å². The van der Waals surface area contributed by atoms with Gasteiger partial charge in [-0.1, -0.05) is 12.1 Å². The van der Waals surface area contributed by atoms with Crippen molar-refractivity contribution in [2.24, 2.45) is 7.05 Å². The molecule has 0 aliphatic carbocycles. The normalized spacial score (nSPS) is 11.5. The Balaban J connectivity index is 2.04. The highest BCUT2D eigenvalue weighted by Gasteiger charge is 2.07. The lowest BCUT2D eigenvalue weighted by Gasteiger charge is -2.04. The summed E-state index contributed by atoms with van der Waals surface area (Å²) in [5, 5.41) is 4.18. The fourth-order valence-electron chi connectivity index (χ4n) is 1.59. The van der Waals surface area contributed by atoms with E-state index in [0.29, 0.717) is 17.4 Å². The smallest absolute Gasteiger partial charge is 0.233 e. The fraction of sp³-hybridized carbons (Fsp3) is 0.308. The quantitative estimate of drug-likeness (QED) is 0.855. The van der Waals surface area contributed by atoms with Crippen molar-refractivity contribution in [3.8, 4) is 5.88 Å². The third-order valence-corrected chi connectivity index (χ3v) is 3.96. The van der Waals surface area contributed by atoms with Crippen LogP contribution in [0.1, 0.15) is 11.3 Å². The van der Waals surface area contributed by atoms with E-state index in [-0.39, 0.29) is 0 Å². The molecule has 0 saturated heterocycles. The Bertz CT molecular complexity index is 653. The first-order valence-electron chi connectivity index (χ1n) is 5.79. The van der Waals surface area contributed by atoms with E-state index in [1.165, 1.54) is 6.26 Å². The molecule has 0 amide bonds. The molecule has 0 unspecified atom stereocenters. The van der Waals surface area contributed by atoms with Gasteiger partial charge in [0.2, 0.25) is 5.88 Å². The maximum atomic E-state index is 11.3. The molecule has 1 aromatic heterocycles. The summed E-state index contributed by atoms with van der Waals surface area (Å²) in [6, 6.07) is 8.50. The standard InChI is InChI=1S/C13H16N2O3S/c1-10-8-13(14-15(10)2)18-9-11-4-6-12(7-5-11)19(3,16)17/h4-8H,9H2,1-3H3. The van der Waals surface area contributed by atoms with Crippen molar-refractivity contribution in [3.63, 3.8) is 0 Å². The van der Waals surface area contributed by atoms with Gasteiger partial charge in [0.05, 0.1) is 4.90 Å². The third-order valence-electron chi connectivity index (χ3n) is 2.83. The Kier molecular flexibility index (Phi) is 3.61. The highest BCUT2D eigenvalue weighted by atomic mass is 32.2. The summed E-state index contributed by atoms with van der Waals surface area (Å²) < 4.78 is 29.9. The average molecular weight is 280 g/mol. The summed E-state index contributed by atoms with van der Waals surface area (Å²) in [5.74, 6) is 0.562. The molecule has 19 heavy (non-hydrogen) atoms. The Hall–Kier alpha value is -1.82. The van der Waals surface area contributed by atoms with Crippen LogP contribution in [0, 0.1) is 6.92 Å². The van der Waals surface area contributed by atoms with Crippen molar-refractivity contribution in [2.75, 3.05) is 6.26 Å². The maximum absolute atomic E-state index is 11.3. The SMILES string of the molecule is Cc1cc(OCc2ccc(S(C)(=O)=O)cc2)nn1C. The summed E-state index contributed by atoms with van der Waals surface area (Å²) in [6.45, 7) is 2.31. The number of rotatable bonds is 4. The summed E-state index contributed by atoms with van der Waals surface area (Å²) in [4.78, 5) is 0.310. The van der Waals surface area contributed by atoms with Gasteiger partial charge in [-0.15, -0.1) is 5.10 Å². The number of benzene rings is 1. The molecule has 5 nitrogen and oxygen atoms in total. The van der Waals surface area contributed by atoms with E-state index in [4.69, 9.17) is 4.74 Å². The molecule has 0 saturated carbocycles. The number of hydrogen-bond acceptors (Lipinski definition) is 4. The highest BCUT2D eigenvalue weighted by molar-refractivity contribution is 7.90. The summed E-state index contributed by atoms with van der Waals surface area (Å²) >= 11 is 0. The van der Waals surface area contributed by atoms with E-state index < -0.39 is 9.84 Å². The number of sulfone groups is 1. The van der Waals surface area contributed by atoms with Crippen molar-refractivity contribution >= 4 is 9.84 Å². The lowest BCUT2D eigenvalue weighted by atomic mass is 10.2. The molecule has 0 spiro atoms. The van der Waals surface area contributed by atoms with Crippen molar-refractivity contribution in [2.45, 2.75) is 18.4 Å². The van der Waals surface area contributed by atoms with Crippen molar-refractivity contribution in [1.29, 1.82) is 0 Å². The Morgan fingerprint density at radius 2 is 1.89 bits per heavy atom. The zero-order valence-electron chi connectivity index (χ0n) is 11.1. The van der Waals surface area contributed by atoms with Crippen LogP contribution in [-0.2, 0) is 23.5 Å². The first kappa shape index (κ1) is 13.6. The van der Waals surface area contributed by atoms with E-state index in [1.54, 1.807) is 28.9 Å². The number of aromatic nitrogens is 2. The van der Waals surface area contributed by atoms with Crippen LogP contribution in [0.15, 0.2) is 35.2 Å². The van der Waals surface area contributed by atoms with Crippen LogP contribution in [0.4, 0.5) is 0 Å². The lowest BCUT2D eigenvalue weighted by Crippen LogP contribution is -2.00. The van der Waals surface area contributed by atoms with Gasteiger partial charge in [0.15, 0.2) is 9.84 Å². The Morgan fingerprint density at radius 1 is 1.26 bits per heavy atom. The molecular formula is C13H16N2O3S. The molecule has 2 aromatic rings. The minimum atomic E-state index is -3.15. The highest BCUT2D eigenvalue weighted by Crippen LogP contribution is 2.14. The molecule has 6 heteroatoms. The van der Waals surface area contributed by atoms with Crippen LogP contribution in [0.2, 0.25) is 0 Å². The van der Waals surface area contributed by atoms with Crippen LogP contribution in [-0.4, -0.2) is 24.5 Å². The molecule has 0 atom stereocenters. The third kappa shape index (κ3) is 3.35. The second kappa shape index (κ2) is 5.05. The second-order valence-corrected chi connectivity index (χ2v) is 6.47. The number of ether oxygens (including phenoxy) is 1. The fourth-order valence-corrected chi connectivity index (χ4v) is 2.22. The van der Waals surface area contributed by atoms with E-state index >= 15 is 0 Å². The van der Waals surface area contributed by atoms with Gasteiger partial charge in [-0.25, -0.2) is 8.42 Å². The topological polar surface area (TPSA) is 61.2 Å². The van der Waals surface area contributed by atoms with Gasteiger partial charge in [-0.3, -0.25) is 4.68 Å². The lowest BCUT2D eigenvalue weighted by molar-refractivity contribution is 0.290. The number of aryl methyl sites for hydroxylation is 2. The molecule has 2 rings (SSSR count). The van der Waals surface area contributed by atoms with E-state index in [1.807, 2.05) is 20.0 Å². The summed E-state index contributed by atoms with van der Waals surface area (Å²) in [7, 11) is -1.30. The van der Waals surface area contributed by atoms with Crippen LogP contribution in [0.5, 0.6) is 5.88 Å². The van der Waals surface area contributed by atoms with E-state index in [9.17, 15) is 8.42 Å². The monoisotopic (exact) mass is 280 g/mol. The van der Waals surface area contributed by atoms with Gasteiger partial charge >= 0.3 is 0 Å². The molecule has 0 fully saturated rings. The Labute approximate surface area is 112 Å². The van der Waals surface area contributed by atoms with Gasteiger partial charge in [-0.2, -0.15) is 0 Å². The summed E-state index contributed by atoms with van der Waals surface area (Å²) in [5.41, 5.74) is 1.91. The molecular weight excluding hydrogens is 264 g/mol. The molecule has 1 heterocycles. The second-order valence-electron chi connectivity index (χ2n) is 4.45. The summed E-state index contributed by atoms with van der Waals surface area (Å²) in [6.07, 6.45) is 1.19. The number of hydrogen-bond donors (Lipinski definition) is 0. The molecule has 1 aromatic carbocycles.